The molecule has 0 atom stereocenters. The topological polar surface area (TPSA) is 90.9 Å². The summed E-state index contributed by atoms with van der Waals surface area (Å²) >= 11 is 0. The maximum Gasteiger partial charge on any atom is 0.255 e. The number of nitrogens with zero attached hydrogens (tertiary/aromatic N) is 6. The molecular weight excluding hydrogens is 378 g/mol. The Hall–Kier alpha value is -3.13. The average Bonchev–Trinajstić information content (AvgIpc) is 2.81. The highest BCUT2D eigenvalue weighted by Gasteiger charge is 2.23. The largest absolute Gasteiger partial charge is 0.356 e. The number of aromatic amines is 1. The zero-order valence-corrected chi connectivity index (χ0v) is 16.9. The molecule has 0 radical (unpaired) electrons. The molecule has 0 saturated carbocycles. The highest BCUT2D eigenvalue weighted by molar-refractivity contribution is 5.52. The van der Waals surface area contributed by atoms with Gasteiger partial charge in [-0.3, -0.25) is 9.69 Å². The molecule has 0 bridgehead atoms. The first-order valence-corrected chi connectivity index (χ1v) is 10.6. The van der Waals surface area contributed by atoms with Crippen molar-refractivity contribution in [3.63, 3.8) is 0 Å². The number of anilines is 1. The van der Waals surface area contributed by atoms with Gasteiger partial charge < -0.3 is 9.88 Å². The minimum absolute atomic E-state index is 0.0778. The van der Waals surface area contributed by atoms with Gasteiger partial charge in [0.1, 0.15) is 18.0 Å². The minimum Gasteiger partial charge on any atom is -0.356 e. The van der Waals surface area contributed by atoms with Gasteiger partial charge in [-0.1, -0.05) is 6.07 Å². The van der Waals surface area contributed by atoms with Gasteiger partial charge in [0.05, 0.1) is 16.8 Å². The van der Waals surface area contributed by atoms with E-state index >= 15 is 0 Å². The predicted octanol–water partition coefficient (Wildman–Crippen LogP) is 2.17. The predicted molar refractivity (Wildman–Crippen MR) is 114 cm³/mol. The van der Waals surface area contributed by atoms with Gasteiger partial charge in [-0.05, 0) is 25.3 Å². The number of nitrogens with one attached hydrogen (secondary N) is 1. The van der Waals surface area contributed by atoms with E-state index < -0.39 is 0 Å². The summed E-state index contributed by atoms with van der Waals surface area (Å²) in [5, 5.41) is 0. The lowest BCUT2D eigenvalue weighted by molar-refractivity contribution is 0.241. The van der Waals surface area contributed by atoms with Crippen molar-refractivity contribution in [1.82, 2.24) is 29.8 Å². The molecule has 8 nitrogen and oxygen atoms in total. The highest BCUT2D eigenvalue weighted by atomic mass is 16.1. The number of fused-ring (bicyclic) bond motifs is 1. The smallest absolute Gasteiger partial charge is 0.255 e. The Bertz CT molecular complexity index is 1080. The summed E-state index contributed by atoms with van der Waals surface area (Å²) in [6.45, 7) is 4.39. The quantitative estimate of drug-likeness (QED) is 0.714. The van der Waals surface area contributed by atoms with Gasteiger partial charge in [-0.25, -0.2) is 19.9 Å². The van der Waals surface area contributed by atoms with Crippen LogP contribution in [0.1, 0.15) is 36.1 Å². The van der Waals surface area contributed by atoms with E-state index in [1.807, 2.05) is 12.3 Å². The normalized spacial score (nSPS) is 17.0. The Morgan fingerprint density at radius 2 is 1.90 bits per heavy atom. The lowest BCUT2D eigenvalue weighted by Crippen LogP contribution is -2.36. The van der Waals surface area contributed by atoms with Gasteiger partial charge in [0.15, 0.2) is 0 Å². The zero-order chi connectivity index (χ0) is 20.3. The number of rotatable bonds is 4. The Morgan fingerprint density at radius 1 is 1.07 bits per heavy atom. The van der Waals surface area contributed by atoms with Gasteiger partial charge in [-0.15, -0.1) is 0 Å². The Morgan fingerprint density at radius 3 is 2.73 bits per heavy atom. The van der Waals surface area contributed by atoms with Crippen LogP contribution in [0.2, 0.25) is 0 Å². The summed E-state index contributed by atoms with van der Waals surface area (Å²) in [7, 11) is 0. The molecule has 1 N–H and O–H groups in total. The molecule has 1 fully saturated rings. The third kappa shape index (κ3) is 3.82. The van der Waals surface area contributed by atoms with Crippen LogP contribution in [0.3, 0.4) is 0 Å². The molecule has 1 saturated heterocycles. The lowest BCUT2D eigenvalue weighted by atomic mass is 10.1. The van der Waals surface area contributed by atoms with Crippen molar-refractivity contribution in [2.75, 3.05) is 24.5 Å². The molecule has 5 heterocycles. The van der Waals surface area contributed by atoms with Crippen LogP contribution in [0.15, 0.2) is 41.8 Å². The molecule has 8 heteroatoms. The molecule has 0 aromatic carbocycles. The molecule has 0 unspecified atom stereocenters. The molecule has 2 aliphatic heterocycles. The summed E-state index contributed by atoms with van der Waals surface area (Å²) in [4.78, 5) is 37.8. The van der Waals surface area contributed by atoms with Crippen LogP contribution in [-0.4, -0.2) is 49.5 Å². The molecule has 30 heavy (non-hydrogen) atoms. The van der Waals surface area contributed by atoms with E-state index in [2.05, 4.69) is 35.8 Å². The second-order valence-electron chi connectivity index (χ2n) is 7.96. The fraction of sp³-hybridized carbons (Fsp3) is 0.409. The standard InChI is InChI=1S/C22H25N7O/c30-22-18-14-28(10-6-19(18)26-20(27-22)17-11-23-15-24-12-17)13-16-5-4-7-25-21(16)29-8-2-1-3-9-29/h4-5,7,11-12,15H,1-3,6,8-10,13-14H2,(H,26,27,30). The van der Waals surface area contributed by atoms with Crippen molar-refractivity contribution < 1.29 is 0 Å². The minimum atomic E-state index is -0.0778. The zero-order valence-electron chi connectivity index (χ0n) is 16.9. The monoisotopic (exact) mass is 403 g/mol. The summed E-state index contributed by atoms with van der Waals surface area (Å²) in [5.41, 5.74) is 3.50. The molecule has 2 aliphatic rings. The summed E-state index contributed by atoms with van der Waals surface area (Å²) in [6, 6.07) is 4.16. The molecule has 3 aromatic rings. The van der Waals surface area contributed by atoms with Crippen LogP contribution in [0.25, 0.3) is 11.4 Å². The fourth-order valence-electron chi connectivity index (χ4n) is 4.36. The Kier molecular flexibility index (Phi) is 5.23. The van der Waals surface area contributed by atoms with Crippen molar-refractivity contribution in [2.45, 2.75) is 38.8 Å². The van der Waals surface area contributed by atoms with E-state index in [1.54, 1.807) is 12.4 Å². The van der Waals surface area contributed by atoms with Crippen LogP contribution in [0, 0.1) is 0 Å². The number of H-pyrrole nitrogens is 1. The van der Waals surface area contributed by atoms with E-state index in [1.165, 1.54) is 31.2 Å². The van der Waals surface area contributed by atoms with Crippen LogP contribution < -0.4 is 10.5 Å². The van der Waals surface area contributed by atoms with Crippen molar-refractivity contribution in [2.24, 2.45) is 0 Å². The summed E-state index contributed by atoms with van der Waals surface area (Å²) < 4.78 is 0. The second-order valence-corrected chi connectivity index (χ2v) is 7.96. The van der Waals surface area contributed by atoms with Crippen LogP contribution in [-0.2, 0) is 19.5 Å². The highest BCUT2D eigenvalue weighted by Crippen LogP contribution is 2.25. The molecule has 0 aliphatic carbocycles. The Labute approximate surface area is 175 Å². The third-order valence-corrected chi connectivity index (χ3v) is 5.90. The van der Waals surface area contributed by atoms with Crippen LogP contribution in [0.4, 0.5) is 5.82 Å². The molecule has 154 valence electrons. The number of pyridine rings is 1. The van der Waals surface area contributed by atoms with Crippen molar-refractivity contribution in [3.8, 4) is 11.4 Å². The van der Waals surface area contributed by atoms with E-state index in [-0.39, 0.29) is 5.56 Å². The SMILES string of the molecule is O=c1[nH]c(-c2cncnc2)nc2c1CN(Cc1cccnc1N1CCCCC1)CC2. The van der Waals surface area contributed by atoms with E-state index in [4.69, 9.17) is 4.98 Å². The molecule has 0 spiro atoms. The first-order chi connectivity index (χ1) is 14.8. The maximum absolute atomic E-state index is 12.8. The number of hydrogen-bond donors (Lipinski definition) is 1. The Balaban J connectivity index is 1.36. The lowest BCUT2D eigenvalue weighted by Gasteiger charge is -2.32. The second kappa shape index (κ2) is 8.31. The van der Waals surface area contributed by atoms with E-state index in [9.17, 15) is 4.79 Å². The maximum atomic E-state index is 12.8. The molecular formula is C22H25N7O. The van der Waals surface area contributed by atoms with E-state index in [0.29, 0.717) is 12.4 Å². The van der Waals surface area contributed by atoms with Gasteiger partial charge >= 0.3 is 0 Å². The van der Waals surface area contributed by atoms with Crippen LogP contribution in [0.5, 0.6) is 0 Å². The molecule has 3 aromatic heterocycles. The number of aromatic nitrogens is 5. The number of piperidine rings is 1. The van der Waals surface area contributed by atoms with Gasteiger partial charge in [0.2, 0.25) is 0 Å². The first-order valence-electron chi connectivity index (χ1n) is 10.6. The van der Waals surface area contributed by atoms with E-state index in [0.717, 1.165) is 55.2 Å². The third-order valence-electron chi connectivity index (χ3n) is 5.90. The van der Waals surface area contributed by atoms with Crippen molar-refractivity contribution in [3.05, 3.63) is 64.2 Å². The van der Waals surface area contributed by atoms with Crippen molar-refractivity contribution in [1.29, 1.82) is 0 Å². The summed E-state index contributed by atoms with van der Waals surface area (Å²) in [5.74, 6) is 1.63. The van der Waals surface area contributed by atoms with Crippen molar-refractivity contribution >= 4 is 5.82 Å². The fourth-order valence-corrected chi connectivity index (χ4v) is 4.36. The number of hydrogen-bond acceptors (Lipinski definition) is 7. The van der Waals surface area contributed by atoms with Crippen LogP contribution >= 0.6 is 0 Å². The van der Waals surface area contributed by atoms with Gasteiger partial charge in [0, 0.05) is 63.3 Å². The van der Waals surface area contributed by atoms with Gasteiger partial charge in [-0.2, -0.15) is 0 Å². The first kappa shape index (κ1) is 18.9. The molecule has 5 rings (SSSR count). The van der Waals surface area contributed by atoms with Gasteiger partial charge in [0.25, 0.3) is 5.56 Å². The summed E-state index contributed by atoms with van der Waals surface area (Å²) in [6.07, 6.45) is 11.2. The average molecular weight is 403 g/mol. The molecule has 0 amide bonds.